The van der Waals surface area contributed by atoms with E-state index in [0.29, 0.717) is 5.39 Å². The molecule has 6 nitrogen and oxygen atoms in total. The van der Waals surface area contributed by atoms with Gasteiger partial charge in [-0.1, -0.05) is 38.1 Å². The van der Waals surface area contributed by atoms with E-state index in [9.17, 15) is 14.3 Å². The molecule has 4 aromatic rings. The van der Waals surface area contributed by atoms with Crippen LogP contribution in [0.3, 0.4) is 0 Å². The normalized spacial score (nSPS) is 11.9. The van der Waals surface area contributed by atoms with Crippen molar-refractivity contribution in [3.05, 3.63) is 64.3 Å². The Morgan fingerprint density at radius 3 is 2.54 bits per heavy atom. The third-order valence-electron chi connectivity index (χ3n) is 4.45. The van der Waals surface area contributed by atoms with Crippen LogP contribution in [0.5, 0.6) is 5.75 Å². The van der Waals surface area contributed by atoms with Gasteiger partial charge in [-0.05, 0) is 41.3 Å². The first-order valence-electron chi connectivity index (χ1n) is 8.64. The number of benzene rings is 2. The molecule has 0 aliphatic rings. The van der Waals surface area contributed by atoms with Crippen molar-refractivity contribution >= 4 is 11.0 Å². The number of rotatable bonds is 2. The SMILES string of the molecule is CC(C)(C)c1cc(O)c2oc(=O)c(-c3nc(-c4ccccc4F)no3)cc2c1. The van der Waals surface area contributed by atoms with E-state index >= 15 is 0 Å². The van der Waals surface area contributed by atoms with Crippen LogP contribution in [-0.4, -0.2) is 15.2 Å². The molecule has 1 N–H and O–H groups in total. The van der Waals surface area contributed by atoms with Gasteiger partial charge in [-0.2, -0.15) is 4.98 Å². The second-order valence-electron chi connectivity index (χ2n) is 7.51. The number of hydrogen-bond donors (Lipinski definition) is 1. The van der Waals surface area contributed by atoms with Gasteiger partial charge in [0.15, 0.2) is 11.3 Å². The van der Waals surface area contributed by atoms with Crippen molar-refractivity contribution in [2.45, 2.75) is 26.2 Å². The Kier molecular flexibility index (Phi) is 4.03. The molecule has 0 bridgehead atoms. The first-order chi connectivity index (χ1) is 13.2. The van der Waals surface area contributed by atoms with Crippen LogP contribution in [0.15, 0.2) is 56.2 Å². The summed E-state index contributed by atoms with van der Waals surface area (Å²) in [6, 6.07) is 10.9. The fourth-order valence-corrected chi connectivity index (χ4v) is 2.88. The van der Waals surface area contributed by atoms with E-state index in [2.05, 4.69) is 10.1 Å². The summed E-state index contributed by atoms with van der Waals surface area (Å²) in [4.78, 5) is 16.5. The zero-order chi connectivity index (χ0) is 20.1. The largest absolute Gasteiger partial charge is 0.504 e. The Balaban J connectivity index is 1.87. The van der Waals surface area contributed by atoms with Crippen LogP contribution in [0.2, 0.25) is 0 Å². The lowest BCUT2D eigenvalue weighted by atomic mass is 9.86. The molecule has 2 aromatic carbocycles. The summed E-state index contributed by atoms with van der Waals surface area (Å²) < 4.78 is 24.4. The highest BCUT2D eigenvalue weighted by Gasteiger charge is 2.21. The van der Waals surface area contributed by atoms with Gasteiger partial charge in [0.2, 0.25) is 5.82 Å². The van der Waals surface area contributed by atoms with Gasteiger partial charge in [0.25, 0.3) is 5.89 Å². The predicted molar refractivity (Wildman–Crippen MR) is 102 cm³/mol. The molecule has 0 amide bonds. The summed E-state index contributed by atoms with van der Waals surface area (Å²) in [6.07, 6.45) is 0. The highest BCUT2D eigenvalue weighted by Crippen LogP contribution is 2.33. The number of fused-ring (bicyclic) bond motifs is 1. The Bertz CT molecular complexity index is 1250. The van der Waals surface area contributed by atoms with E-state index in [1.807, 2.05) is 26.8 Å². The van der Waals surface area contributed by atoms with Crippen molar-refractivity contribution in [3.8, 4) is 28.6 Å². The molecule has 4 rings (SSSR count). The molecule has 0 spiro atoms. The zero-order valence-electron chi connectivity index (χ0n) is 15.5. The lowest BCUT2D eigenvalue weighted by Gasteiger charge is -2.19. The number of halogens is 1. The fourth-order valence-electron chi connectivity index (χ4n) is 2.88. The van der Waals surface area contributed by atoms with Crippen LogP contribution in [0.25, 0.3) is 33.8 Å². The Labute approximate surface area is 159 Å². The molecule has 0 saturated heterocycles. The lowest BCUT2D eigenvalue weighted by molar-refractivity contribution is 0.427. The van der Waals surface area contributed by atoms with Gasteiger partial charge in [-0.3, -0.25) is 0 Å². The predicted octanol–water partition coefficient (Wildman–Crippen LogP) is 4.65. The molecule has 7 heteroatoms. The van der Waals surface area contributed by atoms with E-state index < -0.39 is 11.4 Å². The number of phenols is 1. The fraction of sp³-hybridized carbons (Fsp3) is 0.190. The molecule has 0 fully saturated rings. The van der Waals surface area contributed by atoms with Gasteiger partial charge in [0.05, 0.1) is 5.56 Å². The number of aromatic nitrogens is 2. The van der Waals surface area contributed by atoms with Gasteiger partial charge in [-0.25, -0.2) is 9.18 Å². The van der Waals surface area contributed by atoms with Gasteiger partial charge in [-0.15, -0.1) is 0 Å². The van der Waals surface area contributed by atoms with Gasteiger partial charge < -0.3 is 14.0 Å². The summed E-state index contributed by atoms with van der Waals surface area (Å²) in [7, 11) is 0. The lowest BCUT2D eigenvalue weighted by Crippen LogP contribution is -2.11. The van der Waals surface area contributed by atoms with Gasteiger partial charge in [0.1, 0.15) is 11.4 Å². The maximum Gasteiger partial charge on any atom is 0.349 e. The third kappa shape index (κ3) is 3.05. The minimum atomic E-state index is -0.741. The van der Waals surface area contributed by atoms with Crippen LogP contribution in [0.1, 0.15) is 26.3 Å². The van der Waals surface area contributed by atoms with Crippen LogP contribution >= 0.6 is 0 Å². The molecular weight excluding hydrogens is 363 g/mol. The van der Waals surface area contributed by atoms with Crippen molar-refractivity contribution in [1.82, 2.24) is 10.1 Å². The molecule has 0 aliphatic heterocycles. The van der Waals surface area contributed by atoms with E-state index in [-0.39, 0.29) is 39.6 Å². The van der Waals surface area contributed by atoms with Crippen molar-refractivity contribution in [1.29, 1.82) is 0 Å². The molecule has 28 heavy (non-hydrogen) atoms. The average molecular weight is 380 g/mol. The minimum absolute atomic E-state index is 0.0267. The molecule has 142 valence electrons. The van der Waals surface area contributed by atoms with Gasteiger partial charge in [0, 0.05) is 5.39 Å². The van der Waals surface area contributed by atoms with Crippen molar-refractivity contribution in [3.63, 3.8) is 0 Å². The second kappa shape index (κ2) is 6.30. The van der Waals surface area contributed by atoms with Crippen molar-refractivity contribution in [2.75, 3.05) is 0 Å². The number of hydrogen-bond acceptors (Lipinski definition) is 6. The van der Waals surface area contributed by atoms with Crippen LogP contribution in [0.4, 0.5) is 4.39 Å². The van der Waals surface area contributed by atoms with Gasteiger partial charge >= 0.3 is 5.63 Å². The maximum absolute atomic E-state index is 13.9. The monoisotopic (exact) mass is 380 g/mol. The first kappa shape index (κ1) is 17.9. The van der Waals surface area contributed by atoms with Crippen LogP contribution in [-0.2, 0) is 5.41 Å². The highest BCUT2D eigenvalue weighted by molar-refractivity contribution is 5.86. The van der Waals surface area contributed by atoms with Crippen molar-refractivity contribution < 1.29 is 18.4 Å². The summed E-state index contributed by atoms with van der Waals surface area (Å²) >= 11 is 0. The molecule has 2 heterocycles. The Morgan fingerprint density at radius 1 is 1.07 bits per heavy atom. The number of phenolic OH excluding ortho intramolecular Hbond substituents is 1. The molecule has 0 unspecified atom stereocenters. The molecule has 0 saturated carbocycles. The molecule has 0 radical (unpaired) electrons. The summed E-state index contributed by atoms with van der Waals surface area (Å²) in [5.41, 5.74) is 0.189. The molecule has 2 aromatic heterocycles. The first-order valence-corrected chi connectivity index (χ1v) is 8.64. The molecular formula is C21H17FN2O4. The third-order valence-corrected chi connectivity index (χ3v) is 4.45. The highest BCUT2D eigenvalue weighted by atomic mass is 19.1. The van der Waals surface area contributed by atoms with Crippen LogP contribution in [0, 0.1) is 5.82 Å². The summed E-state index contributed by atoms with van der Waals surface area (Å²) in [5, 5.41) is 14.5. The van der Waals surface area contributed by atoms with E-state index in [4.69, 9.17) is 8.94 Å². The number of aromatic hydroxyl groups is 1. The standard InChI is InChI=1S/C21H17FN2O4/c1-21(2,3)12-8-11-9-14(20(26)27-17(11)16(25)10-12)19-23-18(24-28-19)13-6-4-5-7-15(13)22/h4-10,25H,1-3H3. The van der Waals surface area contributed by atoms with E-state index in [1.54, 1.807) is 18.2 Å². The second-order valence-corrected chi connectivity index (χ2v) is 7.51. The minimum Gasteiger partial charge on any atom is -0.504 e. The van der Waals surface area contributed by atoms with Crippen LogP contribution < -0.4 is 5.63 Å². The van der Waals surface area contributed by atoms with E-state index in [0.717, 1.165) is 5.56 Å². The van der Waals surface area contributed by atoms with E-state index in [1.165, 1.54) is 18.2 Å². The Hall–Kier alpha value is -3.48. The summed E-state index contributed by atoms with van der Waals surface area (Å²) in [6.45, 7) is 6.02. The smallest absolute Gasteiger partial charge is 0.349 e. The maximum atomic E-state index is 13.9. The van der Waals surface area contributed by atoms with Crippen molar-refractivity contribution in [2.24, 2.45) is 0 Å². The summed E-state index contributed by atoms with van der Waals surface area (Å²) in [5.74, 6) is -0.683. The zero-order valence-corrected chi connectivity index (χ0v) is 15.5. The molecule has 0 aliphatic carbocycles. The number of nitrogens with zero attached hydrogens (tertiary/aromatic N) is 2. The average Bonchev–Trinajstić information content (AvgIpc) is 3.11. The molecule has 0 atom stereocenters. The Morgan fingerprint density at radius 2 is 1.82 bits per heavy atom. The topological polar surface area (TPSA) is 89.4 Å². The quantitative estimate of drug-likeness (QED) is 0.509.